The zero-order valence-electron chi connectivity index (χ0n) is 18.3. The first-order valence-corrected chi connectivity index (χ1v) is 10.9. The summed E-state index contributed by atoms with van der Waals surface area (Å²) in [6.45, 7) is 5.96. The number of carbonyl (C=O) groups excluding carboxylic acids is 1. The van der Waals surface area contributed by atoms with Gasteiger partial charge < -0.3 is 10.1 Å². The van der Waals surface area contributed by atoms with E-state index in [0.29, 0.717) is 6.04 Å². The fourth-order valence-corrected chi connectivity index (χ4v) is 4.78. The monoisotopic (exact) mass is 411 g/mol. The van der Waals surface area contributed by atoms with E-state index < -0.39 is 0 Å². The lowest BCUT2D eigenvalue weighted by Gasteiger charge is -2.38. The molecule has 2 aliphatic heterocycles. The molecule has 3 heterocycles. The van der Waals surface area contributed by atoms with Gasteiger partial charge >= 0.3 is 0 Å². The maximum absolute atomic E-state index is 12.6. The lowest BCUT2D eigenvalue weighted by Crippen LogP contribution is -2.50. The van der Waals surface area contributed by atoms with Gasteiger partial charge in [0, 0.05) is 50.9 Å². The Bertz CT molecular complexity index is 845. The van der Waals surface area contributed by atoms with E-state index in [0.717, 1.165) is 51.2 Å². The van der Waals surface area contributed by atoms with E-state index in [4.69, 9.17) is 4.74 Å². The minimum atomic E-state index is -0.110. The summed E-state index contributed by atoms with van der Waals surface area (Å²) in [4.78, 5) is 17.5. The molecule has 0 aliphatic carbocycles. The quantitative estimate of drug-likeness (QED) is 0.787. The average Bonchev–Trinajstić information content (AvgIpc) is 3.33. The predicted molar refractivity (Wildman–Crippen MR) is 116 cm³/mol. The van der Waals surface area contributed by atoms with Gasteiger partial charge in [-0.05, 0) is 45.0 Å². The van der Waals surface area contributed by atoms with Crippen LogP contribution in [0.5, 0.6) is 5.75 Å². The minimum absolute atomic E-state index is 0.0470. The van der Waals surface area contributed by atoms with E-state index in [2.05, 4.69) is 27.1 Å². The first-order valence-electron chi connectivity index (χ1n) is 10.9. The Balaban J connectivity index is 1.36. The maximum atomic E-state index is 12.6. The van der Waals surface area contributed by atoms with Crippen molar-refractivity contribution in [1.82, 2.24) is 24.9 Å². The number of benzene rings is 1. The molecule has 1 amide bonds. The molecular formula is C23H33N5O2. The second-order valence-electron chi connectivity index (χ2n) is 8.50. The number of hydrogen-bond donors (Lipinski definition) is 1. The molecule has 0 spiro atoms. The first kappa shape index (κ1) is 20.9. The Kier molecular flexibility index (Phi) is 6.39. The van der Waals surface area contributed by atoms with Crippen molar-refractivity contribution in [2.45, 2.75) is 50.9 Å². The van der Waals surface area contributed by atoms with Crippen LogP contribution in [0.2, 0.25) is 0 Å². The number of carbonyl (C=O) groups is 1. The van der Waals surface area contributed by atoms with Gasteiger partial charge in [0.15, 0.2) is 0 Å². The number of piperidine rings is 1. The highest BCUT2D eigenvalue weighted by molar-refractivity contribution is 5.81. The lowest BCUT2D eigenvalue weighted by atomic mass is 10.0. The van der Waals surface area contributed by atoms with Gasteiger partial charge in [-0.25, -0.2) is 0 Å². The summed E-state index contributed by atoms with van der Waals surface area (Å²) < 4.78 is 8.13. The number of ether oxygens (including phenoxy) is 1. The van der Waals surface area contributed by atoms with Crippen molar-refractivity contribution < 1.29 is 9.53 Å². The second kappa shape index (κ2) is 9.18. The summed E-state index contributed by atoms with van der Waals surface area (Å²) in [6, 6.07) is 10.2. The highest BCUT2D eigenvalue weighted by atomic mass is 16.5. The minimum Gasteiger partial charge on any atom is -0.489 e. The summed E-state index contributed by atoms with van der Waals surface area (Å²) in [6.07, 6.45) is 4.92. The predicted octanol–water partition coefficient (Wildman–Crippen LogP) is 1.96. The smallest absolute Gasteiger partial charge is 0.237 e. The van der Waals surface area contributed by atoms with Gasteiger partial charge in [0.2, 0.25) is 5.91 Å². The first-order chi connectivity index (χ1) is 14.5. The molecule has 2 fully saturated rings. The Morgan fingerprint density at radius 2 is 1.97 bits per heavy atom. The molecule has 2 aliphatic rings. The molecule has 0 unspecified atom stereocenters. The van der Waals surface area contributed by atoms with Crippen molar-refractivity contribution in [3.63, 3.8) is 0 Å². The van der Waals surface area contributed by atoms with Gasteiger partial charge in [0.1, 0.15) is 11.9 Å². The fraction of sp³-hybridized carbons (Fsp3) is 0.565. The third kappa shape index (κ3) is 4.52. The van der Waals surface area contributed by atoms with Crippen molar-refractivity contribution in [2.24, 2.45) is 7.05 Å². The van der Waals surface area contributed by atoms with Crippen LogP contribution in [0, 0.1) is 6.92 Å². The Hall–Kier alpha value is -2.38. The molecule has 30 heavy (non-hydrogen) atoms. The number of nitrogens with one attached hydrogen (secondary N) is 1. The molecule has 7 nitrogen and oxygen atoms in total. The SMILES string of the molecule is CNC(=O)[C@@H]1C[C@H](Oc2ccccc2)CN1C1CCN(Cc2cnn(C)c2C)CC1. The van der Waals surface area contributed by atoms with Crippen molar-refractivity contribution in [1.29, 1.82) is 0 Å². The van der Waals surface area contributed by atoms with E-state index in [1.54, 1.807) is 7.05 Å². The van der Waals surface area contributed by atoms with Crippen LogP contribution in [-0.2, 0) is 18.4 Å². The van der Waals surface area contributed by atoms with Crippen LogP contribution in [0.3, 0.4) is 0 Å². The van der Waals surface area contributed by atoms with E-state index in [1.807, 2.05) is 48.3 Å². The summed E-state index contributed by atoms with van der Waals surface area (Å²) in [5.74, 6) is 0.976. The maximum Gasteiger partial charge on any atom is 0.237 e. The number of nitrogens with zero attached hydrogens (tertiary/aromatic N) is 4. The number of aromatic nitrogens is 2. The Labute approximate surface area is 179 Å². The van der Waals surface area contributed by atoms with Crippen LogP contribution >= 0.6 is 0 Å². The zero-order valence-corrected chi connectivity index (χ0v) is 18.3. The third-order valence-corrected chi connectivity index (χ3v) is 6.65. The van der Waals surface area contributed by atoms with E-state index >= 15 is 0 Å². The fourth-order valence-electron chi connectivity index (χ4n) is 4.78. The lowest BCUT2D eigenvalue weighted by molar-refractivity contribution is -0.126. The summed E-state index contributed by atoms with van der Waals surface area (Å²) in [5, 5.41) is 7.22. The van der Waals surface area contributed by atoms with Gasteiger partial charge in [0.25, 0.3) is 0 Å². The Morgan fingerprint density at radius 3 is 2.60 bits per heavy atom. The highest BCUT2D eigenvalue weighted by Crippen LogP contribution is 2.29. The summed E-state index contributed by atoms with van der Waals surface area (Å²) >= 11 is 0. The molecular weight excluding hydrogens is 378 g/mol. The number of amides is 1. The van der Waals surface area contributed by atoms with Crippen LogP contribution in [0.4, 0.5) is 0 Å². The number of likely N-dealkylation sites (N-methyl/N-ethyl adjacent to an activating group) is 1. The number of likely N-dealkylation sites (tertiary alicyclic amines) is 2. The van der Waals surface area contributed by atoms with E-state index in [1.165, 1.54) is 11.3 Å². The third-order valence-electron chi connectivity index (χ3n) is 6.65. The molecule has 2 aromatic rings. The van der Waals surface area contributed by atoms with Crippen molar-refractivity contribution in [3.8, 4) is 5.75 Å². The molecule has 0 bridgehead atoms. The molecule has 2 atom stereocenters. The van der Waals surface area contributed by atoms with E-state index in [-0.39, 0.29) is 18.1 Å². The van der Waals surface area contributed by atoms with Crippen LogP contribution in [-0.4, -0.2) is 70.4 Å². The van der Waals surface area contributed by atoms with Gasteiger partial charge in [-0.2, -0.15) is 5.10 Å². The van der Waals surface area contributed by atoms with E-state index in [9.17, 15) is 4.79 Å². The molecule has 4 rings (SSSR count). The van der Waals surface area contributed by atoms with Gasteiger partial charge in [-0.3, -0.25) is 19.3 Å². The molecule has 2 saturated heterocycles. The van der Waals surface area contributed by atoms with Crippen LogP contribution < -0.4 is 10.1 Å². The largest absolute Gasteiger partial charge is 0.489 e. The topological polar surface area (TPSA) is 62.6 Å². The van der Waals surface area contributed by atoms with Crippen LogP contribution in [0.15, 0.2) is 36.5 Å². The second-order valence-corrected chi connectivity index (χ2v) is 8.50. The van der Waals surface area contributed by atoms with Gasteiger partial charge in [-0.15, -0.1) is 0 Å². The highest BCUT2D eigenvalue weighted by Gasteiger charge is 2.41. The number of para-hydroxylation sites is 1. The average molecular weight is 412 g/mol. The van der Waals surface area contributed by atoms with Crippen LogP contribution in [0.1, 0.15) is 30.5 Å². The van der Waals surface area contributed by atoms with Gasteiger partial charge in [0.05, 0.1) is 12.2 Å². The molecule has 0 saturated carbocycles. The van der Waals surface area contributed by atoms with Crippen molar-refractivity contribution >= 4 is 5.91 Å². The molecule has 1 aromatic carbocycles. The zero-order chi connectivity index (χ0) is 21.1. The summed E-state index contributed by atoms with van der Waals surface area (Å²) in [5.41, 5.74) is 2.54. The molecule has 7 heteroatoms. The molecule has 1 aromatic heterocycles. The van der Waals surface area contributed by atoms with Crippen LogP contribution in [0.25, 0.3) is 0 Å². The number of aryl methyl sites for hydroxylation is 1. The number of hydrogen-bond acceptors (Lipinski definition) is 5. The van der Waals surface area contributed by atoms with Crippen molar-refractivity contribution in [3.05, 3.63) is 47.8 Å². The Morgan fingerprint density at radius 1 is 1.23 bits per heavy atom. The molecule has 0 radical (unpaired) electrons. The van der Waals surface area contributed by atoms with Gasteiger partial charge in [-0.1, -0.05) is 18.2 Å². The normalized spacial score (nSPS) is 23.6. The standard InChI is InChI=1S/C23H33N5O2/c1-17-18(14-25-26(17)3)15-27-11-9-19(10-12-27)28-16-21(13-22(28)23(29)24-2)30-20-7-5-4-6-8-20/h4-8,14,19,21-22H,9-13,15-16H2,1-3H3,(H,24,29)/t21-,22-/m0/s1. The summed E-state index contributed by atoms with van der Waals surface area (Å²) in [7, 11) is 3.72. The van der Waals surface area contributed by atoms with Crippen molar-refractivity contribution in [2.75, 3.05) is 26.7 Å². The number of rotatable bonds is 6. The molecule has 162 valence electrons. The molecule has 1 N–H and O–H groups in total.